The van der Waals surface area contributed by atoms with Gasteiger partial charge >= 0.3 is 0 Å². The van der Waals surface area contributed by atoms with Crippen LogP contribution in [0.1, 0.15) is 31.4 Å². The highest BCUT2D eigenvalue weighted by atomic mass is 16.1. The average Bonchev–Trinajstić information content (AvgIpc) is 3.13. The van der Waals surface area contributed by atoms with Gasteiger partial charge in [-0.25, -0.2) is 9.97 Å². The number of carbonyl (C=O) groups excluding carboxylic acids is 1. The summed E-state index contributed by atoms with van der Waals surface area (Å²) in [6.45, 7) is 2.23. The van der Waals surface area contributed by atoms with Gasteiger partial charge in [-0.3, -0.25) is 4.40 Å². The number of fused-ring (bicyclic) bond motifs is 3. The van der Waals surface area contributed by atoms with Crippen molar-refractivity contribution < 1.29 is 4.79 Å². The van der Waals surface area contributed by atoms with E-state index in [0.29, 0.717) is 11.8 Å². The van der Waals surface area contributed by atoms with E-state index in [2.05, 4.69) is 26.3 Å². The minimum absolute atomic E-state index is 0.184. The molecule has 0 spiro atoms. The monoisotopic (exact) mass is 268 g/mol. The molecule has 1 aliphatic rings. The fourth-order valence-electron chi connectivity index (χ4n) is 3.57. The Morgan fingerprint density at radius 3 is 3.05 bits per heavy atom. The number of aromatic nitrogens is 4. The lowest BCUT2D eigenvalue weighted by Crippen LogP contribution is -2.06. The van der Waals surface area contributed by atoms with Crippen LogP contribution >= 0.6 is 0 Å². The van der Waals surface area contributed by atoms with E-state index in [1.807, 2.05) is 18.5 Å². The van der Waals surface area contributed by atoms with E-state index in [1.54, 1.807) is 6.20 Å². The van der Waals surface area contributed by atoms with Crippen LogP contribution in [0.2, 0.25) is 0 Å². The molecule has 1 fully saturated rings. The van der Waals surface area contributed by atoms with Crippen LogP contribution in [0, 0.1) is 11.8 Å². The molecule has 1 N–H and O–H groups in total. The van der Waals surface area contributed by atoms with Crippen molar-refractivity contribution in [1.29, 1.82) is 0 Å². The molecule has 0 unspecified atom stereocenters. The SMILES string of the molecule is C[C@@H]1C[C@@H](C=O)C[C@@H]1c1cnc2cnc3[nH]ccc3n12. The Balaban J connectivity index is 1.91. The zero-order valence-electron chi connectivity index (χ0n) is 11.3. The fourth-order valence-corrected chi connectivity index (χ4v) is 3.57. The van der Waals surface area contributed by atoms with Gasteiger partial charge in [-0.05, 0) is 24.8 Å². The van der Waals surface area contributed by atoms with Crippen molar-refractivity contribution in [2.75, 3.05) is 0 Å². The second kappa shape index (κ2) is 4.16. The van der Waals surface area contributed by atoms with Crippen molar-refractivity contribution >= 4 is 23.1 Å². The molecular weight excluding hydrogens is 252 g/mol. The third-order valence-electron chi connectivity index (χ3n) is 4.56. The molecular formula is C15H16N4O. The summed E-state index contributed by atoms with van der Waals surface area (Å²) in [5.41, 5.74) is 3.99. The van der Waals surface area contributed by atoms with Gasteiger partial charge in [0.15, 0.2) is 11.3 Å². The molecule has 1 aliphatic carbocycles. The molecule has 0 bridgehead atoms. The highest BCUT2D eigenvalue weighted by Crippen LogP contribution is 2.42. The molecule has 0 aliphatic heterocycles. The van der Waals surface area contributed by atoms with Crippen LogP contribution in [0.3, 0.4) is 0 Å². The third kappa shape index (κ3) is 1.52. The predicted molar refractivity (Wildman–Crippen MR) is 75.5 cm³/mol. The van der Waals surface area contributed by atoms with Crippen LogP contribution in [0.5, 0.6) is 0 Å². The number of nitrogens with zero attached hydrogens (tertiary/aromatic N) is 3. The van der Waals surface area contributed by atoms with E-state index in [-0.39, 0.29) is 5.92 Å². The lowest BCUT2D eigenvalue weighted by molar-refractivity contribution is -0.111. The molecule has 4 rings (SSSR count). The number of aldehydes is 1. The van der Waals surface area contributed by atoms with E-state index in [9.17, 15) is 4.79 Å². The van der Waals surface area contributed by atoms with Gasteiger partial charge in [-0.1, -0.05) is 6.92 Å². The second-order valence-electron chi connectivity index (χ2n) is 5.80. The summed E-state index contributed by atoms with van der Waals surface area (Å²) in [5, 5.41) is 0. The molecule has 20 heavy (non-hydrogen) atoms. The highest BCUT2D eigenvalue weighted by Gasteiger charge is 2.34. The quantitative estimate of drug-likeness (QED) is 0.726. The van der Waals surface area contributed by atoms with Gasteiger partial charge in [-0.15, -0.1) is 0 Å². The number of rotatable bonds is 2. The van der Waals surface area contributed by atoms with Crippen LogP contribution < -0.4 is 0 Å². The Morgan fingerprint density at radius 1 is 1.35 bits per heavy atom. The molecule has 1 saturated carbocycles. The van der Waals surface area contributed by atoms with Crippen LogP contribution in [-0.2, 0) is 4.79 Å². The van der Waals surface area contributed by atoms with Crippen molar-refractivity contribution in [2.24, 2.45) is 11.8 Å². The molecule has 3 heterocycles. The van der Waals surface area contributed by atoms with Crippen LogP contribution in [0.4, 0.5) is 0 Å². The molecule has 5 heteroatoms. The topological polar surface area (TPSA) is 63.0 Å². The molecule has 3 aromatic rings. The van der Waals surface area contributed by atoms with E-state index in [1.165, 1.54) is 5.69 Å². The summed E-state index contributed by atoms with van der Waals surface area (Å²) >= 11 is 0. The smallest absolute Gasteiger partial charge is 0.156 e. The van der Waals surface area contributed by atoms with Crippen molar-refractivity contribution in [3.63, 3.8) is 0 Å². The number of imidazole rings is 1. The van der Waals surface area contributed by atoms with E-state index < -0.39 is 0 Å². The zero-order chi connectivity index (χ0) is 13.7. The zero-order valence-corrected chi connectivity index (χ0v) is 11.3. The molecule has 3 atom stereocenters. The summed E-state index contributed by atoms with van der Waals surface area (Å²) in [7, 11) is 0. The summed E-state index contributed by atoms with van der Waals surface area (Å²) in [6.07, 6.45) is 8.63. The van der Waals surface area contributed by atoms with Crippen molar-refractivity contribution in [3.8, 4) is 0 Å². The average molecular weight is 268 g/mol. The van der Waals surface area contributed by atoms with Gasteiger partial charge in [-0.2, -0.15) is 0 Å². The van der Waals surface area contributed by atoms with Crippen LogP contribution in [0.25, 0.3) is 16.8 Å². The lowest BCUT2D eigenvalue weighted by atomic mass is 9.95. The minimum atomic E-state index is 0.184. The van der Waals surface area contributed by atoms with E-state index >= 15 is 0 Å². The summed E-state index contributed by atoms with van der Waals surface area (Å²) < 4.78 is 2.17. The van der Waals surface area contributed by atoms with Gasteiger partial charge in [0.2, 0.25) is 0 Å². The standard InChI is InChI=1S/C15H16N4O/c1-9-4-10(8-20)5-11(9)13-6-17-14-7-18-15-12(19(13)14)2-3-16-15/h2-3,6-11,16H,4-5H2,1H3/t9-,10-,11+/m1/s1. The molecule has 0 radical (unpaired) electrons. The first-order chi connectivity index (χ1) is 9.78. The maximum atomic E-state index is 11.1. The lowest BCUT2D eigenvalue weighted by Gasteiger charge is -2.15. The number of carbonyl (C=O) groups is 1. The Morgan fingerprint density at radius 2 is 2.25 bits per heavy atom. The molecule has 5 nitrogen and oxygen atoms in total. The molecule has 0 amide bonds. The first kappa shape index (κ1) is 11.6. The molecule has 0 aromatic carbocycles. The number of hydrogen-bond acceptors (Lipinski definition) is 3. The van der Waals surface area contributed by atoms with Gasteiger partial charge < -0.3 is 9.78 Å². The van der Waals surface area contributed by atoms with Gasteiger partial charge in [0.1, 0.15) is 6.29 Å². The first-order valence-electron chi connectivity index (χ1n) is 7.02. The third-order valence-corrected chi connectivity index (χ3v) is 4.56. The summed E-state index contributed by atoms with van der Waals surface area (Å²) in [6, 6.07) is 2.03. The van der Waals surface area contributed by atoms with Gasteiger partial charge in [0.25, 0.3) is 0 Å². The van der Waals surface area contributed by atoms with Crippen molar-refractivity contribution in [2.45, 2.75) is 25.7 Å². The fraction of sp³-hybridized carbons (Fsp3) is 0.400. The van der Waals surface area contributed by atoms with Crippen LogP contribution in [0.15, 0.2) is 24.7 Å². The Labute approximate surface area is 116 Å². The molecule has 0 saturated heterocycles. The number of hydrogen-bond donors (Lipinski definition) is 1. The Kier molecular flexibility index (Phi) is 2.42. The van der Waals surface area contributed by atoms with E-state index in [0.717, 1.165) is 35.9 Å². The van der Waals surface area contributed by atoms with Gasteiger partial charge in [0, 0.05) is 29.9 Å². The molecule has 102 valence electrons. The second-order valence-corrected chi connectivity index (χ2v) is 5.80. The molecule has 3 aromatic heterocycles. The van der Waals surface area contributed by atoms with Crippen molar-refractivity contribution in [1.82, 2.24) is 19.4 Å². The van der Waals surface area contributed by atoms with E-state index in [4.69, 9.17) is 0 Å². The normalized spacial score (nSPS) is 26.6. The number of H-pyrrole nitrogens is 1. The van der Waals surface area contributed by atoms with Crippen molar-refractivity contribution in [3.05, 3.63) is 30.4 Å². The maximum Gasteiger partial charge on any atom is 0.156 e. The maximum absolute atomic E-state index is 11.1. The highest BCUT2D eigenvalue weighted by molar-refractivity contribution is 5.74. The summed E-state index contributed by atoms with van der Waals surface area (Å²) in [5.74, 6) is 1.08. The summed E-state index contributed by atoms with van der Waals surface area (Å²) in [4.78, 5) is 23.0. The number of aromatic amines is 1. The predicted octanol–water partition coefficient (Wildman–Crippen LogP) is 2.54. The first-order valence-corrected chi connectivity index (χ1v) is 7.02. The Bertz CT molecular complexity index is 787. The van der Waals surface area contributed by atoms with Gasteiger partial charge in [0.05, 0.1) is 11.7 Å². The largest absolute Gasteiger partial charge is 0.345 e. The minimum Gasteiger partial charge on any atom is -0.345 e. The Hall–Kier alpha value is -2.17. The number of nitrogens with one attached hydrogen (secondary N) is 1. The van der Waals surface area contributed by atoms with Crippen LogP contribution in [-0.4, -0.2) is 25.6 Å².